The number of hydrogen-bond acceptors (Lipinski definition) is 7. The summed E-state index contributed by atoms with van der Waals surface area (Å²) in [6.45, 7) is 0. The average molecular weight is 512 g/mol. The van der Waals surface area contributed by atoms with Gasteiger partial charge in [0.25, 0.3) is 0 Å². The first-order chi connectivity index (χ1) is 18.1. The van der Waals surface area contributed by atoms with Crippen LogP contribution in [0.2, 0.25) is 0 Å². The molecule has 8 nitrogen and oxygen atoms in total. The van der Waals surface area contributed by atoms with E-state index >= 15 is 0 Å². The van der Waals surface area contributed by atoms with Crippen molar-refractivity contribution < 1.29 is 9.50 Å². The molecule has 184 valence electrons. The van der Waals surface area contributed by atoms with Gasteiger partial charge >= 0.3 is 0 Å². The molecule has 37 heavy (non-hydrogen) atoms. The number of fused-ring (bicyclic) bond motifs is 2. The number of aromatic amines is 2. The second-order valence-electron chi connectivity index (χ2n) is 9.33. The minimum atomic E-state index is -0.574. The topological polar surface area (TPSA) is 115 Å². The van der Waals surface area contributed by atoms with Gasteiger partial charge in [-0.3, -0.25) is 10.1 Å². The summed E-state index contributed by atoms with van der Waals surface area (Å²) >= 11 is 1.10. The van der Waals surface area contributed by atoms with Gasteiger partial charge in [0.15, 0.2) is 16.6 Å². The molecule has 0 saturated heterocycles. The maximum absolute atomic E-state index is 13.7. The van der Waals surface area contributed by atoms with E-state index in [2.05, 4.69) is 30.5 Å². The maximum Gasteiger partial charge on any atom is 0.176 e. The zero-order valence-electron chi connectivity index (χ0n) is 19.6. The number of imidazole rings is 1. The smallest absolute Gasteiger partial charge is 0.176 e. The van der Waals surface area contributed by atoms with E-state index in [1.54, 1.807) is 24.7 Å². The number of halogens is 1. The summed E-state index contributed by atoms with van der Waals surface area (Å²) in [5.41, 5.74) is 6.26. The van der Waals surface area contributed by atoms with Gasteiger partial charge in [0, 0.05) is 39.9 Å². The van der Waals surface area contributed by atoms with Crippen LogP contribution in [0, 0.1) is 11.0 Å². The average Bonchev–Trinajstić information content (AvgIpc) is 3.60. The SMILES string of the molecule is OC(Nc1cncc(-c2cnc3[nH]nc(-c4nc5c(-c6ccc(F)s6)cccc5[nH]4)c3c2)c1)C1CCC1. The number of hydrogen-bond donors (Lipinski definition) is 4. The first-order valence-electron chi connectivity index (χ1n) is 12.1. The molecule has 1 unspecified atom stereocenters. The third-order valence-corrected chi connectivity index (χ3v) is 7.88. The molecule has 0 amide bonds. The first-order valence-corrected chi connectivity index (χ1v) is 12.9. The fourth-order valence-corrected chi connectivity index (χ4v) is 5.52. The number of anilines is 1. The third kappa shape index (κ3) is 3.94. The van der Waals surface area contributed by atoms with E-state index in [0.29, 0.717) is 23.1 Å². The molecule has 1 fully saturated rings. The molecule has 7 rings (SSSR count). The number of aliphatic hydroxyl groups is 1. The molecule has 4 N–H and O–H groups in total. The molecule has 0 spiro atoms. The maximum atomic E-state index is 13.7. The van der Waals surface area contributed by atoms with Crippen LogP contribution in [0.15, 0.2) is 61.1 Å². The van der Waals surface area contributed by atoms with Gasteiger partial charge in [-0.15, -0.1) is 11.3 Å². The molecule has 5 heterocycles. The quantitative estimate of drug-likeness (QED) is 0.205. The fraction of sp³-hybridized carbons (Fsp3) is 0.185. The molecule has 0 aliphatic heterocycles. The van der Waals surface area contributed by atoms with Crippen molar-refractivity contribution in [2.75, 3.05) is 5.32 Å². The Morgan fingerprint density at radius 3 is 2.78 bits per heavy atom. The Morgan fingerprint density at radius 1 is 1.08 bits per heavy atom. The van der Waals surface area contributed by atoms with Gasteiger partial charge in [-0.2, -0.15) is 9.49 Å². The van der Waals surface area contributed by atoms with Gasteiger partial charge in [-0.05, 0) is 43.2 Å². The van der Waals surface area contributed by atoms with Crippen LogP contribution in [0.1, 0.15) is 19.3 Å². The van der Waals surface area contributed by atoms with Crippen LogP contribution >= 0.6 is 11.3 Å². The minimum Gasteiger partial charge on any atom is -0.374 e. The molecule has 0 radical (unpaired) electrons. The van der Waals surface area contributed by atoms with Crippen LogP contribution in [-0.4, -0.2) is 41.5 Å². The zero-order chi connectivity index (χ0) is 24.9. The van der Waals surface area contributed by atoms with Gasteiger partial charge in [0.1, 0.15) is 11.9 Å². The van der Waals surface area contributed by atoms with Crippen LogP contribution < -0.4 is 5.32 Å². The number of pyridine rings is 2. The summed E-state index contributed by atoms with van der Waals surface area (Å²) in [6, 6.07) is 13.0. The highest BCUT2D eigenvalue weighted by molar-refractivity contribution is 7.14. The Morgan fingerprint density at radius 2 is 1.97 bits per heavy atom. The number of rotatable bonds is 6. The summed E-state index contributed by atoms with van der Waals surface area (Å²) in [7, 11) is 0. The van der Waals surface area contributed by atoms with Gasteiger partial charge in [0.05, 0.1) is 28.3 Å². The van der Waals surface area contributed by atoms with Crippen LogP contribution in [0.25, 0.3) is 55.2 Å². The van der Waals surface area contributed by atoms with Crippen molar-refractivity contribution in [3.05, 3.63) is 66.2 Å². The second kappa shape index (κ2) is 8.75. The minimum absolute atomic E-state index is 0.231. The van der Waals surface area contributed by atoms with E-state index in [4.69, 9.17) is 4.98 Å². The number of nitrogens with zero attached hydrogens (tertiary/aromatic N) is 4. The van der Waals surface area contributed by atoms with Crippen LogP contribution in [-0.2, 0) is 0 Å². The first kappa shape index (κ1) is 22.1. The number of aromatic nitrogens is 6. The largest absolute Gasteiger partial charge is 0.374 e. The Labute approximate surface area is 214 Å². The standard InChI is InChI=1S/C27H22FN7OS/c28-22-8-7-21(37-22)18-5-2-6-20-23(18)33-26(32-20)24-19-10-16(12-30-25(19)35-34-24)15-9-17(13-29-11-15)31-27(36)14-3-1-4-14/h2,5-14,27,31,36H,1,3-4H2,(H,32,33)(H,30,34,35). The summed E-state index contributed by atoms with van der Waals surface area (Å²) in [4.78, 5) is 18.0. The van der Waals surface area contributed by atoms with Crippen LogP contribution in [0.3, 0.4) is 0 Å². The van der Waals surface area contributed by atoms with Crippen molar-refractivity contribution >= 4 is 39.1 Å². The molecule has 1 aliphatic carbocycles. The molecule has 5 aromatic heterocycles. The monoisotopic (exact) mass is 511 g/mol. The molecule has 1 aromatic carbocycles. The van der Waals surface area contributed by atoms with E-state index in [1.807, 2.05) is 30.3 Å². The van der Waals surface area contributed by atoms with Gasteiger partial charge in [-0.25, -0.2) is 9.97 Å². The molecular weight excluding hydrogens is 489 g/mol. The van der Waals surface area contributed by atoms with Gasteiger partial charge < -0.3 is 15.4 Å². The van der Waals surface area contributed by atoms with Gasteiger partial charge in [0.2, 0.25) is 0 Å². The van der Waals surface area contributed by atoms with Crippen molar-refractivity contribution in [1.29, 1.82) is 0 Å². The summed E-state index contributed by atoms with van der Waals surface area (Å²) in [5, 5.41) is 21.7. The number of para-hydroxylation sites is 1. The Bertz CT molecular complexity index is 1750. The molecule has 1 saturated carbocycles. The van der Waals surface area contributed by atoms with Crippen LogP contribution in [0.5, 0.6) is 0 Å². The summed E-state index contributed by atoms with van der Waals surface area (Å²) in [6.07, 6.45) is 7.94. The summed E-state index contributed by atoms with van der Waals surface area (Å²) in [5.74, 6) is 0.889. The van der Waals surface area contributed by atoms with Crippen molar-refractivity contribution in [2.45, 2.75) is 25.5 Å². The van der Waals surface area contributed by atoms with Crippen molar-refractivity contribution in [2.24, 2.45) is 5.92 Å². The molecule has 6 aromatic rings. The highest BCUT2D eigenvalue weighted by Crippen LogP contribution is 2.35. The fourth-order valence-electron chi connectivity index (χ4n) is 4.76. The Balaban J connectivity index is 1.26. The van der Waals surface area contributed by atoms with E-state index in [1.165, 1.54) is 12.5 Å². The van der Waals surface area contributed by atoms with Crippen molar-refractivity contribution in [3.8, 4) is 33.1 Å². The lowest BCUT2D eigenvalue weighted by molar-refractivity contribution is 0.0851. The lowest BCUT2D eigenvalue weighted by Crippen LogP contribution is -2.33. The predicted octanol–water partition coefficient (Wildman–Crippen LogP) is 5.96. The van der Waals surface area contributed by atoms with Crippen molar-refractivity contribution in [3.63, 3.8) is 0 Å². The molecule has 1 aliphatic rings. The number of H-pyrrole nitrogens is 2. The summed E-state index contributed by atoms with van der Waals surface area (Å²) < 4.78 is 13.7. The van der Waals surface area contributed by atoms with E-state index in [0.717, 1.165) is 67.9 Å². The van der Waals surface area contributed by atoms with Crippen molar-refractivity contribution in [1.82, 2.24) is 30.1 Å². The van der Waals surface area contributed by atoms with Gasteiger partial charge in [-0.1, -0.05) is 18.6 Å². The zero-order valence-corrected chi connectivity index (χ0v) is 20.4. The molecule has 10 heteroatoms. The number of nitrogens with one attached hydrogen (secondary N) is 3. The molecule has 1 atom stereocenters. The normalized spacial score (nSPS) is 14.8. The lowest BCUT2D eigenvalue weighted by atomic mass is 9.84. The number of thiophene rings is 1. The van der Waals surface area contributed by atoms with E-state index < -0.39 is 6.23 Å². The van der Waals surface area contributed by atoms with Crippen LogP contribution in [0.4, 0.5) is 10.1 Å². The lowest BCUT2D eigenvalue weighted by Gasteiger charge is -2.31. The number of benzene rings is 1. The Hall–Kier alpha value is -4.15. The van der Waals surface area contributed by atoms with E-state index in [9.17, 15) is 9.50 Å². The number of aliphatic hydroxyl groups excluding tert-OH is 1. The second-order valence-corrected chi connectivity index (χ2v) is 10.4. The highest BCUT2D eigenvalue weighted by atomic mass is 32.1. The Kier molecular flexibility index (Phi) is 5.22. The molecule has 0 bridgehead atoms. The third-order valence-electron chi connectivity index (χ3n) is 6.97. The van der Waals surface area contributed by atoms with E-state index in [-0.39, 0.29) is 5.13 Å². The predicted molar refractivity (Wildman–Crippen MR) is 142 cm³/mol. The molecular formula is C27H22FN7OS. The highest BCUT2D eigenvalue weighted by Gasteiger charge is 2.25.